The largest absolute Gasteiger partial charge is 0.481 e. The third-order valence-corrected chi connectivity index (χ3v) is 3.63. The quantitative estimate of drug-likeness (QED) is 0.821. The van der Waals surface area contributed by atoms with Crippen molar-refractivity contribution in [3.8, 4) is 0 Å². The average Bonchev–Trinajstić information content (AvgIpc) is 2.38. The highest BCUT2D eigenvalue weighted by Crippen LogP contribution is 2.16. The Morgan fingerprint density at radius 1 is 1.37 bits per heavy atom. The van der Waals surface area contributed by atoms with Gasteiger partial charge >= 0.3 is 12.0 Å². The van der Waals surface area contributed by atoms with E-state index in [0.717, 1.165) is 12.8 Å². The number of hydrogen-bond acceptors (Lipinski definition) is 3. The van der Waals surface area contributed by atoms with Gasteiger partial charge in [0.1, 0.15) is 0 Å². The molecule has 110 valence electrons. The van der Waals surface area contributed by atoms with Crippen LogP contribution in [0.15, 0.2) is 0 Å². The van der Waals surface area contributed by atoms with Gasteiger partial charge < -0.3 is 19.6 Å². The number of carbonyl (C=O) groups is 2. The highest BCUT2D eigenvalue weighted by molar-refractivity contribution is 5.76. The molecule has 6 nitrogen and oxygen atoms in total. The minimum atomic E-state index is -0.882. The Labute approximate surface area is 114 Å². The summed E-state index contributed by atoms with van der Waals surface area (Å²) in [5.41, 5.74) is 0. The molecule has 1 N–H and O–H groups in total. The molecule has 1 saturated heterocycles. The molecule has 0 bridgehead atoms. The minimum Gasteiger partial charge on any atom is -0.481 e. The molecule has 0 radical (unpaired) electrons. The highest BCUT2D eigenvalue weighted by atomic mass is 16.5. The maximum Gasteiger partial charge on any atom is 0.320 e. The molecule has 0 aromatic carbocycles. The summed E-state index contributed by atoms with van der Waals surface area (Å²) in [7, 11) is 1.79. The molecule has 6 heteroatoms. The van der Waals surface area contributed by atoms with Crippen molar-refractivity contribution in [1.82, 2.24) is 9.80 Å². The Kier molecular flexibility index (Phi) is 6.08. The molecule has 1 fully saturated rings. The zero-order valence-electron chi connectivity index (χ0n) is 12.0. The molecule has 2 amide bonds. The number of carboxylic acid groups (broad SMARTS) is 1. The van der Waals surface area contributed by atoms with Crippen molar-refractivity contribution in [2.45, 2.75) is 45.2 Å². The third kappa shape index (κ3) is 4.38. The summed E-state index contributed by atoms with van der Waals surface area (Å²) < 4.78 is 5.29. The van der Waals surface area contributed by atoms with E-state index in [1.807, 2.05) is 6.92 Å². The van der Waals surface area contributed by atoms with Gasteiger partial charge in [-0.25, -0.2) is 4.79 Å². The van der Waals surface area contributed by atoms with Gasteiger partial charge in [0.05, 0.1) is 6.42 Å². The molecule has 19 heavy (non-hydrogen) atoms. The fourth-order valence-electron chi connectivity index (χ4n) is 2.43. The minimum absolute atomic E-state index is 0.0266. The van der Waals surface area contributed by atoms with Crippen LogP contribution in [0, 0.1) is 0 Å². The monoisotopic (exact) mass is 272 g/mol. The SMILES string of the molecule is CCN(C(=O)N(C)C1CCOCC1)C(C)CC(=O)O. The van der Waals surface area contributed by atoms with E-state index in [1.165, 1.54) is 0 Å². The van der Waals surface area contributed by atoms with Crippen LogP contribution in [0.1, 0.15) is 33.1 Å². The van der Waals surface area contributed by atoms with Crippen LogP contribution in [0.4, 0.5) is 4.79 Å². The number of urea groups is 1. The smallest absolute Gasteiger partial charge is 0.320 e. The van der Waals surface area contributed by atoms with Crippen LogP contribution in [0.5, 0.6) is 0 Å². The fourth-order valence-corrected chi connectivity index (χ4v) is 2.43. The fraction of sp³-hybridized carbons (Fsp3) is 0.846. The Morgan fingerprint density at radius 2 is 1.95 bits per heavy atom. The normalized spacial score (nSPS) is 17.8. The molecule has 1 unspecified atom stereocenters. The molecule has 1 rings (SSSR count). The molecular weight excluding hydrogens is 248 g/mol. The Bertz CT molecular complexity index is 316. The van der Waals surface area contributed by atoms with Gasteiger partial charge in [-0.3, -0.25) is 4.79 Å². The first-order chi connectivity index (χ1) is 8.97. The number of carbonyl (C=O) groups excluding carboxylic acids is 1. The summed E-state index contributed by atoms with van der Waals surface area (Å²) in [4.78, 5) is 26.5. The zero-order chi connectivity index (χ0) is 14.4. The standard InChI is InChI=1S/C13H24N2O4/c1-4-15(10(2)9-12(16)17)13(18)14(3)11-5-7-19-8-6-11/h10-11H,4-9H2,1-3H3,(H,16,17). The van der Waals surface area contributed by atoms with Crippen molar-refractivity contribution >= 4 is 12.0 Å². The van der Waals surface area contributed by atoms with Gasteiger partial charge in [-0.2, -0.15) is 0 Å². The molecule has 0 saturated carbocycles. The summed E-state index contributed by atoms with van der Waals surface area (Å²) >= 11 is 0. The van der Waals surface area contributed by atoms with Crippen LogP contribution < -0.4 is 0 Å². The number of nitrogens with zero attached hydrogens (tertiary/aromatic N) is 2. The van der Waals surface area contributed by atoms with Crippen molar-refractivity contribution in [1.29, 1.82) is 0 Å². The Hall–Kier alpha value is -1.30. The Morgan fingerprint density at radius 3 is 2.42 bits per heavy atom. The summed E-state index contributed by atoms with van der Waals surface area (Å²) in [6.07, 6.45) is 1.65. The first-order valence-corrected chi connectivity index (χ1v) is 6.80. The molecule has 1 aliphatic heterocycles. The lowest BCUT2D eigenvalue weighted by atomic mass is 10.1. The summed E-state index contributed by atoms with van der Waals surface area (Å²) in [6.45, 7) is 5.51. The number of hydrogen-bond donors (Lipinski definition) is 1. The molecule has 0 aromatic rings. The number of amides is 2. The molecule has 1 atom stereocenters. The van der Waals surface area contributed by atoms with Gasteiger partial charge in [0.2, 0.25) is 0 Å². The Balaban J connectivity index is 2.63. The number of aliphatic carboxylic acids is 1. The average molecular weight is 272 g/mol. The van der Waals surface area contributed by atoms with E-state index >= 15 is 0 Å². The first-order valence-electron chi connectivity index (χ1n) is 6.80. The van der Waals surface area contributed by atoms with Crippen LogP contribution in [-0.4, -0.2) is 65.8 Å². The zero-order valence-corrected chi connectivity index (χ0v) is 12.0. The van der Waals surface area contributed by atoms with E-state index in [0.29, 0.717) is 19.8 Å². The molecular formula is C13H24N2O4. The van der Waals surface area contributed by atoms with E-state index in [9.17, 15) is 9.59 Å². The van der Waals surface area contributed by atoms with Crippen molar-refractivity contribution in [2.75, 3.05) is 26.8 Å². The van der Waals surface area contributed by atoms with E-state index in [4.69, 9.17) is 9.84 Å². The van der Waals surface area contributed by atoms with Crippen LogP contribution in [0.25, 0.3) is 0 Å². The van der Waals surface area contributed by atoms with Gasteiger partial charge in [0.15, 0.2) is 0 Å². The van der Waals surface area contributed by atoms with E-state index in [2.05, 4.69) is 0 Å². The maximum atomic E-state index is 12.4. The van der Waals surface area contributed by atoms with E-state index < -0.39 is 5.97 Å². The topological polar surface area (TPSA) is 70.1 Å². The number of rotatable bonds is 5. The van der Waals surface area contributed by atoms with Gasteiger partial charge in [0, 0.05) is 38.9 Å². The van der Waals surface area contributed by atoms with Gasteiger partial charge in [-0.05, 0) is 26.7 Å². The van der Waals surface area contributed by atoms with Crippen LogP contribution in [-0.2, 0) is 9.53 Å². The van der Waals surface area contributed by atoms with Crippen molar-refractivity contribution < 1.29 is 19.4 Å². The second-order valence-corrected chi connectivity index (χ2v) is 4.97. The third-order valence-electron chi connectivity index (χ3n) is 3.63. The predicted molar refractivity (Wildman–Crippen MR) is 71.1 cm³/mol. The molecule has 0 aromatic heterocycles. The van der Waals surface area contributed by atoms with Crippen LogP contribution in [0.3, 0.4) is 0 Å². The second kappa shape index (κ2) is 7.33. The van der Waals surface area contributed by atoms with Crippen molar-refractivity contribution in [3.05, 3.63) is 0 Å². The lowest BCUT2D eigenvalue weighted by molar-refractivity contribution is -0.138. The summed E-state index contributed by atoms with van der Waals surface area (Å²) in [5.74, 6) is -0.882. The number of ether oxygens (including phenoxy) is 1. The van der Waals surface area contributed by atoms with Gasteiger partial charge in [-0.15, -0.1) is 0 Å². The van der Waals surface area contributed by atoms with Crippen LogP contribution >= 0.6 is 0 Å². The van der Waals surface area contributed by atoms with E-state index in [1.54, 1.807) is 23.8 Å². The van der Waals surface area contributed by atoms with Gasteiger partial charge in [0.25, 0.3) is 0 Å². The van der Waals surface area contributed by atoms with Gasteiger partial charge in [-0.1, -0.05) is 0 Å². The predicted octanol–water partition coefficient (Wildman–Crippen LogP) is 1.40. The van der Waals surface area contributed by atoms with Crippen molar-refractivity contribution in [3.63, 3.8) is 0 Å². The molecule has 0 spiro atoms. The van der Waals surface area contributed by atoms with Crippen LogP contribution in [0.2, 0.25) is 0 Å². The second-order valence-electron chi connectivity index (χ2n) is 4.97. The summed E-state index contributed by atoms with van der Waals surface area (Å²) in [5, 5.41) is 8.83. The van der Waals surface area contributed by atoms with Crippen molar-refractivity contribution in [2.24, 2.45) is 0 Å². The molecule has 1 heterocycles. The lowest BCUT2D eigenvalue weighted by Gasteiger charge is -2.37. The van der Waals surface area contributed by atoms with E-state index in [-0.39, 0.29) is 24.5 Å². The molecule has 0 aliphatic carbocycles. The molecule has 1 aliphatic rings. The lowest BCUT2D eigenvalue weighted by Crippen LogP contribution is -2.50. The summed E-state index contributed by atoms with van der Waals surface area (Å²) in [6, 6.07) is -0.201. The maximum absolute atomic E-state index is 12.4. The number of carboxylic acids is 1. The first kappa shape index (κ1) is 15.8. The highest BCUT2D eigenvalue weighted by Gasteiger charge is 2.28.